The van der Waals surface area contributed by atoms with Crippen LogP contribution in [0.4, 0.5) is 21.1 Å². The van der Waals surface area contributed by atoms with Crippen molar-refractivity contribution in [2.45, 2.75) is 77.3 Å². The first-order valence-electron chi connectivity index (χ1n) is 16.0. The van der Waals surface area contributed by atoms with E-state index < -0.39 is 0 Å². The first kappa shape index (κ1) is 31.2. The summed E-state index contributed by atoms with van der Waals surface area (Å²) in [6, 6.07) is 25.2. The summed E-state index contributed by atoms with van der Waals surface area (Å²) in [4.78, 5) is 28.1. The number of aromatic nitrogens is 2. The summed E-state index contributed by atoms with van der Waals surface area (Å²) < 4.78 is 12.7. The van der Waals surface area contributed by atoms with Crippen molar-refractivity contribution in [2.24, 2.45) is 5.92 Å². The molecule has 2 bridgehead atoms. The van der Waals surface area contributed by atoms with Crippen LogP contribution in [-0.2, 0) is 11.8 Å². The van der Waals surface area contributed by atoms with Gasteiger partial charge < -0.3 is 19.7 Å². The van der Waals surface area contributed by atoms with E-state index >= 15 is 0 Å². The molecule has 3 amide bonds. The molecule has 2 atom stereocenters. The lowest BCUT2D eigenvalue weighted by molar-refractivity contribution is 0.0903. The molecule has 0 aliphatic carbocycles. The fourth-order valence-electron chi connectivity index (χ4n) is 6.61. The molecule has 3 heterocycles. The SMILES string of the molecule is COc1ccc(OC(=O)N2C3CCC2CC(Cc2ccc(NC(=O)Nc4cc(C(C)(C)C)nn4-c4ccc(C)cc4)cc2)C3)cc1. The van der Waals surface area contributed by atoms with Crippen LogP contribution in [0.25, 0.3) is 5.69 Å². The second-order valence-corrected chi connectivity index (χ2v) is 13.6. The quantitative estimate of drug-likeness (QED) is 0.217. The van der Waals surface area contributed by atoms with Gasteiger partial charge in [-0.15, -0.1) is 0 Å². The molecule has 0 radical (unpaired) electrons. The van der Waals surface area contributed by atoms with Crippen molar-refractivity contribution >= 4 is 23.6 Å². The summed E-state index contributed by atoms with van der Waals surface area (Å²) in [6.45, 7) is 8.35. The molecule has 0 saturated carbocycles. The molecule has 2 N–H and O–H groups in total. The van der Waals surface area contributed by atoms with Gasteiger partial charge in [0.05, 0.1) is 18.5 Å². The number of benzene rings is 3. The van der Waals surface area contributed by atoms with Gasteiger partial charge in [0, 0.05) is 29.3 Å². The second-order valence-electron chi connectivity index (χ2n) is 13.6. The van der Waals surface area contributed by atoms with Crippen LogP contribution >= 0.6 is 0 Å². The van der Waals surface area contributed by atoms with Crippen LogP contribution in [0.1, 0.15) is 63.3 Å². The first-order valence-corrected chi connectivity index (χ1v) is 16.0. The summed E-state index contributed by atoms with van der Waals surface area (Å²) in [6.07, 6.45) is 4.62. The Bertz CT molecular complexity index is 1660. The van der Waals surface area contributed by atoms with E-state index in [2.05, 4.69) is 43.5 Å². The fraction of sp³-hybridized carbons (Fsp3) is 0.378. The zero-order chi connectivity index (χ0) is 32.4. The number of hydrogen-bond donors (Lipinski definition) is 2. The number of hydrogen-bond acceptors (Lipinski definition) is 5. The molecule has 46 heavy (non-hydrogen) atoms. The van der Waals surface area contributed by atoms with E-state index in [9.17, 15) is 9.59 Å². The highest BCUT2D eigenvalue weighted by Gasteiger charge is 2.44. The van der Waals surface area contributed by atoms with Crippen LogP contribution in [-0.4, -0.2) is 46.0 Å². The number of fused-ring (bicyclic) bond motifs is 2. The number of aryl methyl sites for hydroxylation is 1. The maximum absolute atomic E-state index is 13.1. The Morgan fingerprint density at radius 2 is 1.50 bits per heavy atom. The third-order valence-electron chi connectivity index (χ3n) is 9.04. The monoisotopic (exact) mass is 621 g/mol. The lowest BCUT2D eigenvalue weighted by Crippen LogP contribution is -2.48. The van der Waals surface area contributed by atoms with Crippen LogP contribution < -0.4 is 20.1 Å². The van der Waals surface area contributed by atoms with E-state index in [0.717, 1.165) is 60.5 Å². The Morgan fingerprint density at radius 1 is 0.870 bits per heavy atom. The average Bonchev–Trinajstić information content (AvgIpc) is 3.57. The second kappa shape index (κ2) is 12.9. The number of amides is 3. The van der Waals surface area contributed by atoms with Crippen molar-refractivity contribution < 1.29 is 19.1 Å². The molecule has 240 valence electrons. The van der Waals surface area contributed by atoms with Crippen molar-refractivity contribution in [3.05, 3.63) is 95.7 Å². The molecular formula is C37H43N5O4. The van der Waals surface area contributed by atoms with Crippen LogP contribution in [0.5, 0.6) is 11.5 Å². The van der Waals surface area contributed by atoms with Gasteiger partial charge in [0.25, 0.3) is 0 Å². The largest absolute Gasteiger partial charge is 0.497 e. The molecule has 3 aromatic carbocycles. The maximum atomic E-state index is 13.1. The number of nitrogens with one attached hydrogen (secondary N) is 2. The van der Waals surface area contributed by atoms with Crippen LogP contribution in [0.15, 0.2) is 78.9 Å². The van der Waals surface area contributed by atoms with E-state index in [4.69, 9.17) is 14.6 Å². The smallest absolute Gasteiger partial charge is 0.415 e. The number of carbonyl (C=O) groups excluding carboxylic acids is 2. The zero-order valence-corrected chi connectivity index (χ0v) is 27.2. The van der Waals surface area contributed by atoms with Crippen molar-refractivity contribution in [1.29, 1.82) is 0 Å². The predicted molar refractivity (Wildman–Crippen MR) is 180 cm³/mol. The molecule has 9 nitrogen and oxygen atoms in total. The van der Waals surface area contributed by atoms with Crippen LogP contribution in [0, 0.1) is 12.8 Å². The minimum atomic E-state index is -0.327. The molecule has 2 saturated heterocycles. The number of piperidine rings is 1. The van der Waals surface area contributed by atoms with E-state index in [1.165, 1.54) is 5.56 Å². The van der Waals surface area contributed by atoms with E-state index in [1.54, 1.807) is 36.1 Å². The van der Waals surface area contributed by atoms with Gasteiger partial charge in [0.1, 0.15) is 17.3 Å². The average molecular weight is 622 g/mol. The van der Waals surface area contributed by atoms with E-state index in [0.29, 0.717) is 17.5 Å². The highest BCUT2D eigenvalue weighted by molar-refractivity contribution is 5.99. The van der Waals surface area contributed by atoms with Gasteiger partial charge in [-0.3, -0.25) is 5.32 Å². The number of ether oxygens (including phenoxy) is 2. The normalized spacial score (nSPS) is 19.1. The topological polar surface area (TPSA) is 97.7 Å². The molecule has 1 aromatic heterocycles. The van der Waals surface area contributed by atoms with Crippen LogP contribution in [0.3, 0.4) is 0 Å². The van der Waals surface area contributed by atoms with Gasteiger partial charge in [-0.25, -0.2) is 14.3 Å². The molecule has 2 aliphatic rings. The minimum absolute atomic E-state index is 0.171. The molecule has 9 heteroatoms. The number of nitrogens with zero attached hydrogens (tertiary/aromatic N) is 3. The number of carbonyl (C=O) groups is 2. The van der Waals surface area contributed by atoms with Gasteiger partial charge in [-0.2, -0.15) is 5.10 Å². The Kier molecular flexibility index (Phi) is 8.75. The van der Waals surface area contributed by atoms with Crippen molar-refractivity contribution in [3.63, 3.8) is 0 Å². The summed E-state index contributed by atoms with van der Waals surface area (Å²) in [5.74, 6) is 2.35. The summed E-state index contributed by atoms with van der Waals surface area (Å²) in [7, 11) is 1.61. The Labute approximate surface area is 270 Å². The molecule has 6 rings (SSSR count). The predicted octanol–water partition coefficient (Wildman–Crippen LogP) is 8.12. The molecule has 0 spiro atoms. The van der Waals surface area contributed by atoms with Crippen molar-refractivity contribution in [3.8, 4) is 17.2 Å². The van der Waals surface area contributed by atoms with Crippen molar-refractivity contribution in [1.82, 2.24) is 14.7 Å². The highest BCUT2D eigenvalue weighted by atomic mass is 16.6. The Hall–Kier alpha value is -4.79. The number of methoxy groups -OCH3 is 1. The third kappa shape index (κ3) is 7.03. The Morgan fingerprint density at radius 3 is 2.11 bits per heavy atom. The highest BCUT2D eigenvalue weighted by Crippen LogP contribution is 2.40. The Balaban J connectivity index is 1.04. The molecule has 4 aromatic rings. The first-order chi connectivity index (χ1) is 22.1. The molecule has 2 fully saturated rings. The molecule has 2 aliphatic heterocycles. The van der Waals surface area contributed by atoms with Gasteiger partial charge in [0.15, 0.2) is 0 Å². The van der Waals surface area contributed by atoms with E-state index in [1.807, 2.05) is 54.3 Å². The zero-order valence-electron chi connectivity index (χ0n) is 27.2. The van der Waals surface area contributed by atoms with Gasteiger partial charge in [0.2, 0.25) is 0 Å². The standard InChI is InChI=1S/C37H43N5O4/c1-24-6-12-28(13-7-24)42-34(23-33(40-42)37(2,3)4)39-35(43)38-27-10-8-25(9-11-27)20-26-21-29-14-15-30(22-26)41(29)36(44)46-32-18-16-31(45-5)17-19-32/h6-13,16-19,23,26,29-30H,14-15,20-22H2,1-5H3,(H2,38,39,43). The lowest BCUT2D eigenvalue weighted by atomic mass is 9.86. The lowest BCUT2D eigenvalue weighted by Gasteiger charge is -2.38. The van der Waals surface area contributed by atoms with Gasteiger partial charge >= 0.3 is 12.1 Å². The van der Waals surface area contributed by atoms with Crippen molar-refractivity contribution in [2.75, 3.05) is 17.7 Å². The summed E-state index contributed by atoms with van der Waals surface area (Å²) in [5, 5.41) is 10.8. The van der Waals surface area contributed by atoms with Crippen LogP contribution in [0.2, 0.25) is 0 Å². The van der Waals surface area contributed by atoms with Gasteiger partial charge in [-0.1, -0.05) is 50.6 Å². The van der Waals surface area contributed by atoms with E-state index in [-0.39, 0.29) is 29.6 Å². The molecular weight excluding hydrogens is 578 g/mol. The van der Waals surface area contributed by atoms with Gasteiger partial charge in [-0.05, 0) is 99.0 Å². The summed E-state index contributed by atoms with van der Waals surface area (Å²) >= 11 is 0. The number of rotatable bonds is 7. The number of anilines is 2. The summed E-state index contributed by atoms with van der Waals surface area (Å²) in [5.41, 5.74) is 4.70. The third-order valence-corrected chi connectivity index (χ3v) is 9.04. The number of urea groups is 1. The molecule has 2 unspecified atom stereocenters. The maximum Gasteiger partial charge on any atom is 0.415 e. The minimum Gasteiger partial charge on any atom is -0.497 e. The fourth-order valence-corrected chi connectivity index (χ4v) is 6.61.